The van der Waals surface area contributed by atoms with Crippen molar-refractivity contribution in [3.8, 4) is 11.3 Å². The van der Waals surface area contributed by atoms with Gasteiger partial charge in [-0.05, 0) is 18.2 Å². The zero-order chi connectivity index (χ0) is 15.6. The maximum Gasteiger partial charge on any atom is 0.214 e. The van der Waals surface area contributed by atoms with Crippen molar-refractivity contribution in [2.24, 2.45) is 0 Å². The van der Waals surface area contributed by atoms with Crippen molar-refractivity contribution in [2.75, 3.05) is 5.32 Å². The van der Waals surface area contributed by atoms with Crippen LogP contribution in [0.1, 0.15) is 5.56 Å². The molecule has 5 nitrogen and oxygen atoms in total. The molecule has 0 atom stereocenters. The van der Waals surface area contributed by atoms with Gasteiger partial charge < -0.3 is 5.32 Å². The predicted molar refractivity (Wildman–Crippen MR) is 87.8 cm³/mol. The quantitative estimate of drug-likeness (QED) is 0.623. The van der Waals surface area contributed by atoms with Crippen LogP contribution >= 0.6 is 11.3 Å². The molecule has 1 N–H and O–H groups in total. The molecule has 4 aromatic rings. The van der Waals surface area contributed by atoms with E-state index in [-0.39, 0.29) is 5.82 Å². The van der Waals surface area contributed by atoms with Gasteiger partial charge >= 0.3 is 0 Å². The summed E-state index contributed by atoms with van der Waals surface area (Å²) < 4.78 is 15.3. The molecule has 0 aliphatic carbocycles. The van der Waals surface area contributed by atoms with Crippen LogP contribution in [-0.4, -0.2) is 19.6 Å². The van der Waals surface area contributed by atoms with E-state index in [1.165, 1.54) is 17.4 Å². The number of nitrogens with zero attached hydrogens (tertiary/aromatic N) is 4. The minimum Gasteiger partial charge on any atom is -0.356 e. The lowest BCUT2D eigenvalue weighted by Crippen LogP contribution is -2.01. The lowest BCUT2D eigenvalue weighted by molar-refractivity contribution is 0.613. The molecule has 4 rings (SSSR count). The Bertz CT molecular complexity index is 916. The Labute approximate surface area is 135 Å². The van der Waals surface area contributed by atoms with Gasteiger partial charge in [0.25, 0.3) is 0 Å². The number of fused-ring (bicyclic) bond motifs is 1. The van der Waals surface area contributed by atoms with Crippen LogP contribution in [0.4, 0.5) is 9.52 Å². The van der Waals surface area contributed by atoms with Crippen molar-refractivity contribution in [1.29, 1.82) is 0 Å². The molecular weight excluding hydrogens is 313 g/mol. The molecule has 3 heterocycles. The summed E-state index contributed by atoms with van der Waals surface area (Å²) >= 11 is 1.42. The van der Waals surface area contributed by atoms with E-state index in [2.05, 4.69) is 20.4 Å². The van der Waals surface area contributed by atoms with Gasteiger partial charge in [0.15, 0.2) is 0 Å². The molecule has 0 bridgehead atoms. The van der Waals surface area contributed by atoms with Gasteiger partial charge in [0.1, 0.15) is 5.82 Å². The van der Waals surface area contributed by atoms with E-state index >= 15 is 0 Å². The van der Waals surface area contributed by atoms with Crippen LogP contribution < -0.4 is 5.32 Å². The topological polar surface area (TPSA) is 55.1 Å². The van der Waals surface area contributed by atoms with E-state index in [4.69, 9.17) is 0 Å². The molecule has 0 unspecified atom stereocenters. The molecule has 0 saturated heterocycles. The smallest absolute Gasteiger partial charge is 0.214 e. The van der Waals surface area contributed by atoms with Crippen LogP contribution in [0.2, 0.25) is 0 Å². The number of aromatic nitrogens is 4. The first-order valence-electron chi connectivity index (χ1n) is 7.03. The van der Waals surface area contributed by atoms with Gasteiger partial charge in [-0.25, -0.2) is 13.9 Å². The van der Waals surface area contributed by atoms with Gasteiger partial charge in [-0.2, -0.15) is 0 Å². The van der Waals surface area contributed by atoms with Crippen molar-refractivity contribution in [3.05, 3.63) is 66.4 Å². The van der Waals surface area contributed by atoms with Crippen molar-refractivity contribution < 1.29 is 4.39 Å². The van der Waals surface area contributed by atoms with Crippen molar-refractivity contribution in [2.45, 2.75) is 6.54 Å². The monoisotopic (exact) mass is 325 g/mol. The third-order valence-corrected chi connectivity index (χ3v) is 4.27. The minimum absolute atomic E-state index is 0.222. The van der Waals surface area contributed by atoms with Crippen molar-refractivity contribution in [3.63, 3.8) is 0 Å². The molecule has 3 aromatic heterocycles. The number of rotatable bonds is 4. The lowest BCUT2D eigenvalue weighted by atomic mass is 10.2. The molecule has 0 radical (unpaired) electrons. The standard InChI is InChI=1S/C16H12FN5S/c17-13-6-2-1-4-11(13)9-19-15-21-22-10-14(20-16(22)23-15)12-5-3-7-18-8-12/h1-8,10H,9H2,(H,19,21). The highest BCUT2D eigenvalue weighted by Gasteiger charge is 2.10. The highest BCUT2D eigenvalue weighted by Crippen LogP contribution is 2.24. The molecule has 1 aromatic carbocycles. The molecular formula is C16H12FN5S. The van der Waals surface area contributed by atoms with E-state index < -0.39 is 0 Å². The summed E-state index contributed by atoms with van der Waals surface area (Å²) in [6.45, 7) is 0.388. The van der Waals surface area contributed by atoms with Gasteiger partial charge in [0.2, 0.25) is 10.1 Å². The van der Waals surface area contributed by atoms with Crippen molar-refractivity contribution in [1.82, 2.24) is 19.6 Å². The Kier molecular flexibility index (Phi) is 3.47. The molecule has 0 aliphatic rings. The number of hydrogen-bond donors (Lipinski definition) is 1. The fourth-order valence-corrected chi connectivity index (χ4v) is 3.01. The summed E-state index contributed by atoms with van der Waals surface area (Å²) in [6, 6.07) is 10.5. The van der Waals surface area contributed by atoms with E-state index in [0.717, 1.165) is 16.2 Å². The third kappa shape index (κ3) is 2.78. The van der Waals surface area contributed by atoms with Crippen LogP contribution in [0.15, 0.2) is 55.0 Å². The van der Waals surface area contributed by atoms with Crippen LogP contribution in [0.5, 0.6) is 0 Å². The van der Waals surface area contributed by atoms with Crippen LogP contribution in [-0.2, 0) is 6.54 Å². The van der Waals surface area contributed by atoms with E-state index in [0.29, 0.717) is 17.2 Å². The Morgan fingerprint density at radius 1 is 1.17 bits per heavy atom. The maximum atomic E-state index is 13.6. The lowest BCUT2D eigenvalue weighted by Gasteiger charge is -2.03. The zero-order valence-electron chi connectivity index (χ0n) is 12.0. The summed E-state index contributed by atoms with van der Waals surface area (Å²) in [5.74, 6) is -0.222. The number of nitrogens with one attached hydrogen (secondary N) is 1. The van der Waals surface area contributed by atoms with Gasteiger partial charge in [-0.15, -0.1) is 5.10 Å². The molecule has 23 heavy (non-hydrogen) atoms. The molecule has 7 heteroatoms. The van der Waals surface area contributed by atoms with Crippen LogP contribution in [0, 0.1) is 5.82 Å². The number of benzene rings is 1. The molecule has 0 aliphatic heterocycles. The Balaban J connectivity index is 1.54. The Morgan fingerprint density at radius 3 is 2.87 bits per heavy atom. The van der Waals surface area contributed by atoms with Gasteiger partial charge in [0, 0.05) is 30.1 Å². The second kappa shape index (κ2) is 5.77. The minimum atomic E-state index is -0.222. The zero-order valence-corrected chi connectivity index (χ0v) is 12.8. The van der Waals surface area contributed by atoms with Crippen LogP contribution in [0.3, 0.4) is 0 Å². The van der Waals surface area contributed by atoms with E-state index in [1.807, 2.05) is 24.4 Å². The summed E-state index contributed by atoms with van der Waals surface area (Å²) in [5, 5.41) is 8.26. The molecule has 114 valence electrons. The second-order valence-corrected chi connectivity index (χ2v) is 5.90. The highest BCUT2D eigenvalue weighted by molar-refractivity contribution is 7.20. The number of imidazole rings is 1. The van der Waals surface area contributed by atoms with Crippen LogP contribution in [0.25, 0.3) is 16.2 Å². The van der Waals surface area contributed by atoms with Gasteiger partial charge in [-0.1, -0.05) is 29.5 Å². The molecule has 0 spiro atoms. The number of anilines is 1. The second-order valence-electron chi connectivity index (χ2n) is 4.95. The highest BCUT2D eigenvalue weighted by atomic mass is 32.1. The largest absolute Gasteiger partial charge is 0.356 e. The number of halogens is 1. The summed E-state index contributed by atoms with van der Waals surface area (Å²) in [7, 11) is 0. The first-order valence-corrected chi connectivity index (χ1v) is 7.85. The summed E-state index contributed by atoms with van der Waals surface area (Å²) in [5.41, 5.74) is 2.39. The first-order chi connectivity index (χ1) is 11.3. The average molecular weight is 325 g/mol. The van der Waals surface area contributed by atoms with E-state index in [9.17, 15) is 4.39 Å². The van der Waals surface area contributed by atoms with E-state index in [1.54, 1.807) is 29.0 Å². The van der Waals surface area contributed by atoms with Crippen molar-refractivity contribution >= 4 is 21.4 Å². The number of pyridine rings is 1. The Hall–Kier alpha value is -2.80. The SMILES string of the molecule is Fc1ccccc1CNc1nn2cc(-c3cccnc3)nc2s1. The third-order valence-electron chi connectivity index (χ3n) is 3.39. The molecule has 0 saturated carbocycles. The molecule has 0 amide bonds. The predicted octanol–water partition coefficient (Wildman–Crippen LogP) is 3.60. The normalized spacial score (nSPS) is 11.0. The van der Waals surface area contributed by atoms with Gasteiger partial charge in [-0.3, -0.25) is 4.98 Å². The van der Waals surface area contributed by atoms with Gasteiger partial charge in [0.05, 0.1) is 11.9 Å². The maximum absolute atomic E-state index is 13.6. The summed E-state index contributed by atoms with van der Waals surface area (Å²) in [4.78, 5) is 9.41. The average Bonchev–Trinajstić information content (AvgIpc) is 3.13. The fraction of sp³-hybridized carbons (Fsp3) is 0.0625. The Morgan fingerprint density at radius 2 is 2.09 bits per heavy atom. The fourth-order valence-electron chi connectivity index (χ4n) is 2.24. The summed E-state index contributed by atoms with van der Waals surface area (Å²) in [6.07, 6.45) is 5.35. The number of hydrogen-bond acceptors (Lipinski definition) is 5. The molecule has 0 fully saturated rings. The first kappa shape index (κ1) is 13.8.